The minimum absolute atomic E-state index is 0. The van der Waals surface area contributed by atoms with Crippen molar-refractivity contribution < 1.29 is 29.4 Å². The fourth-order valence-electron chi connectivity index (χ4n) is 4.18. The maximum atomic E-state index is 6.25. The van der Waals surface area contributed by atoms with E-state index < -0.39 is 0 Å². The van der Waals surface area contributed by atoms with Gasteiger partial charge in [-0.2, -0.15) is 18.2 Å². The van der Waals surface area contributed by atoms with Gasteiger partial charge in [-0.05, 0) is 43.3 Å². The molecule has 0 N–H and O–H groups in total. The molecular formula is C30H27IrN3O+. The molecule has 0 fully saturated rings. The molecule has 6 rings (SSSR count). The molecule has 0 amide bonds. The number of fused-ring (bicyclic) bond motifs is 2. The molecule has 1 aliphatic rings. The fraction of sp³-hybridized carbons (Fsp3) is 0.200. The third kappa shape index (κ3) is 4.79. The van der Waals surface area contributed by atoms with Crippen molar-refractivity contribution in [3.05, 3.63) is 103 Å². The van der Waals surface area contributed by atoms with Gasteiger partial charge in [0.05, 0.1) is 17.1 Å². The van der Waals surface area contributed by atoms with Crippen LogP contribution in [0.2, 0.25) is 0 Å². The Balaban J connectivity index is 0.000000189. The summed E-state index contributed by atoms with van der Waals surface area (Å²) in [5.41, 5.74) is 6.38. The summed E-state index contributed by atoms with van der Waals surface area (Å²) in [6, 6.07) is 30.7. The number of para-hydroxylation sites is 1. The molecule has 3 heterocycles. The molecule has 0 unspecified atom stereocenters. The first kappa shape index (κ1) is 24.8. The first-order valence-electron chi connectivity index (χ1n) is 11.6. The van der Waals surface area contributed by atoms with Gasteiger partial charge in [-0.3, -0.25) is 0 Å². The number of ether oxygens (including phenoxy) is 1. The minimum Gasteiger partial charge on any atom is -0.527 e. The predicted molar refractivity (Wildman–Crippen MR) is 134 cm³/mol. The van der Waals surface area contributed by atoms with E-state index in [1.165, 1.54) is 5.56 Å². The van der Waals surface area contributed by atoms with Gasteiger partial charge in [-0.15, -0.1) is 41.5 Å². The summed E-state index contributed by atoms with van der Waals surface area (Å²) in [6.45, 7) is 8.70. The van der Waals surface area contributed by atoms with Crippen LogP contribution in [0.3, 0.4) is 0 Å². The van der Waals surface area contributed by atoms with Crippen LogP contribution in [0.5, 0.6) is 11.5 Å². The largest absolute Gasteiger partial charge is 3.00 e. The van der Waals surface area contributed by atoms with Crippen LogP contribution >= 0.6 is 0 Å². The maximum absolute atomic E-state index is 6.25. The molecule has 0 radical (unpaired) electrons. The summed E-state index contributed by atoms with van der Waals surface area (Å²) in [4.78, 5) is 4.22. The third-order valence-corrected chi connectivity index (χ3v) is 5.85. The van der Waals surface area contributed by atoms with Crippen LogP contribution in [0.25, 0.3) is 28.0 Å². The molecule has 0 saturated carbocycles. The first-order valence-corrected chi connectivity index (χ1v) is 11.6. The van der Waals surface area contributed by atoms with Gasteiger partial charge in [0.2, 0.25) is 6.33 Å². The van der Waals surface area contributed by atoms with Crippen molar-refractivity contribution in [3.8, 4) is 28.4 Å². The Morgan fingerprint density at radius 2 is 1.71 bits per heavy atom. The zero-order chi connectivity index (χ0) is 23.7. The van der Waals surface area contributed by atoms with E-state index in [1.54, 1.807) is 6.20 Å². The molecule has 35 heavy (non-hydrogen) atoms. The van der Waals surface area contributed by atoms with Crippen LogP contribution in [-0.2, 0) is 20.1 Å². The summed E-state index contributed by atoms with van der Waals surface area (Å²) in [6.07, 6.45) is 5.26. The summed E-state index contributed by atoms with van der Waals surface area (Å²) >= 11 is 0. The van der Waals surface area contributed by atoms with E-state index in [0.29, 0.717) is 12.0 Å². The predicted octanol–water partition coefficient (Wildman–Crippen LogP) is 6.87. The average Bonchev–Trinajstić information content (AvgIpc) is 3.27. The summed E-state index contributed by atoms with van der Waals surface area (Å²) in [7, 11) is 0. The van der Waals surface area contributed by atoms with Crippen LogP contribution in [0.4, 0.5) is 0 Å². The smallest absolute Gasteiger partial charge is 0.527 e. The van der Waals surface area contributed by atoms with Gasteiger partial charge in [0, 0.05) is 11.9 Å². The number of imidazole rings is 1. The summed E-state index contributed by atoms with van der Waals surface area (Å²) in [5.74, 6) is 2.19. The van der Waals surface area contributed by atoms with Crippen molar-refractivity contribution in [1.82, 2.24) is 9.55 Å². The molecule has 5 aromatic rings. The van der Waals surface area contributed by atoms with Crippen LogP contribution < -0.4 is 9.30 Å². The van der Waals surface area contributed by atoms with E-state index in [0.717, 1.165) is 39.5 Å². The molecule has 2 aromatic heterocycles. The Hall–Kier alpha value is -3.27. The van der Waals surface area contributed by atoms with Crippen molar-refractivity contribution >= 4 is 11.0 Å². The number of aromatic nitrogens is 3. The van der Waals surface area contributed by atoms with Gasteiger partial charge in [-0.25, -0.2) is 0 Å². The maximum Gasteiger partial charge on any atom is 3.00 e. The Kier molecular flexibility index (Phi) is 7.49. The second kappa shape index (κ2) is 10.6. The molecule has 0 atom stereocenters. The van der Waals surface area contributed by atoms with E-state index in [-0.39, 0.29) is 20.1 Å². The van der Waals surface area contributed by atoms with Gasteiger partial charge in [0.25, 0.3) is 0 Å². The Morgan fingerprint density at radius 1 is 0.886 bits per heavy atom. The normalized spacial score (nSPS) is 11.4. The minimum atomic E-state index is 0. The van der Waals surface area contributed by atoms with Crippen LogP contribution in [0.1, 0.15) is 45.2 Å². The number of rotatable bonds is 3. The molecule has 4 nitrogen and oxygen atoms in total. The Labute approximate surface area is 220 Å². The van der Waals surface area contributed by atoms with Crippen LogP contribution in [0.15, 0.2) is 79.0 Å². The number of nitrogens with zero attached hydrogens (tertiary/aromatic N) is 3. The molecular weight excluding hydrogens is 611 g/mol. The Morgan fingerprint density at radius 3 is 2.40 bits per heavy atom. The number of hydrogen-bond donors (Lipinski definition) is 0. The molecule has 0 saturated heterocycles. The Bertz CT molecular complexity index is 1390. The topological polar surface area (TPSA) is 30.9 Å². The van der Waals surface area contributed by atoms with Crippen molar-refractivity contribution in [2.75, 3.05) is 0 Å². The average molecular weight is 638 g/mol. The molecule has 176 valence electrons. The zero-order valence-corrected chi connectivity index (χ0v) is 22.6. The van der Waals surface area contributed by atoms with Crippen molar-refractivity contribution in [2.24, 2.45) is 0 Å². The van der Waals surface area contributed by atoms with E-state index in [9.17, 15) is 0 Å². The van der Waals surface area contributed by atoms with Gasteiger partial charge in [0.15, 0.2) is 0 Å². The second-order valence-corrected chi connectivity index (χ2v) is 8.88. The number of pyridine rings is 1. The monoisotopic (exact) mass is 638 g/mol. The van der Waals surface area contributed by atoms with E-state index in [4.69, 9.17) is 4.74 Å². The van der Waals surface area contributed by atoms with Crippen molar-refractivity contribution in [1.29, 1.82) is 0 Å². The number of hydrogen-bond acceptors (Lipinski definition) is 2. The molecule has 0 aliphatic carbocycles. The van der Waals surface area contributed by atoms with Crippen LogP contribution in [0, 0.1) is 18.5 Å². The van der Waals surface area contributed by atoms with Crippen molar-refractivity contribution in [2.45, 2.75) is 39.7 Å². The number of benzene rings is 3. The zero-order valence-electron chi connectivity index (χ0n) is 20.2. The fourth-order valence-corrected chi connectivity index (χ4v) is 4.18. The van der Waals surface area contributed by atoms with Gasteiger partial charge in [-0.1, -0.05) is 38.1 Å². The first-order chi connectivity index (χ1) is 16.5. The summed E-state index contributed by atoms with van der Waals surface area (Å²) in [5, 5.41) is 0. The SMILES string of the molecule is CC(C)c1cc[c-]c2c1Oc1cccc3c1[n+]-2[c-]n3C(C)C.[Ir+3].[c-]1ccccc1-c1ccccn1. The van der Waals surface area contributed by atoms with E-state index >= 15 is 0 Å². The molecule has 0 bridgehead atoms. The third-order valence-electron chi connectivity index (χ3n) is 5.85. The van der Waals surface area contributed by atoms with E-state index in [1.807, 2.05) is 60.7 Å². The molecule has 0 spiro atoms. The van der Waals surface area contributed by atoms with Crippen LogP contribution in [-0.4, -0.2) is 9.55 Å². The molecule has 5 heteroatoms. The molecule has 1 aliphatic heterocycles. The van der Waals surface area contributed by atoms with Crippen molar-refractivity contribution in [3.63, 3.8) is 0 Å². The standard InChI is InChI=1S/C19H19N2O.C11H8N.Ir/c1-12(2)14-7-5-9-16-19(14)22-17-10-6-8-15-18(17)21(16)11-20(15)13(3)4;1-2-6-10(7-3-1)11-8-4-5-9-12-11;/h5-8,10,12-13H,1-4H3;1-6,8-9H;/q2*-1;+3. The van der Waals surface area contributed by atoms with Gasteiger partial charge >= 0.3 is 20.1 Å². The second-order valence-electron chi connectivity index (χ2n) is 8.88. The quantitative estimate of drug-likeness (QED) is 0.157. The summed E-state index contributed by atoms with van der Waals surface area (Å²) < 4.78 is 10.5. The van der Waals surface area contributed by atoms with Gasteiger partial charge < -0.3 is 18.9 Å². The van der Waals surface area contributed by atoms with Gasteiger partial charge in [0.1, 0.15) is 5.75 Å². The molecule has 3 aromatic carbocycles. The van der Waals surface area contributed by atoms with E-state index in [2.05, 4.69) is 72.4 Å².